The van der Waals surface area contributed by atoms with Crippen LogP contribution in [0.1, 0.15) is 18.4 Å². The van der Waals surface area contributed by atoms with Crippen molar-refractivity contribution in [1.82, 2.24) is 9.78 Å². The first-order valence-corrected chi connectivity index (χ1v) is 5.49. The van der Waals surface area contributed by atoms with Gasteiger partial charge in [-0.3, -0.25) is 4.68 Å². The highest BCUT2D eigenvalue weighted by atomic mass is 16.5. The fraction of sp³-hybridized carbons (Fsp3) is 0.727. The lowest BCUT2D eigenvalue weighted by Crippen LogP contribution is -2.32. The Labute approximate surface area is 89.9 Å². The molecular formula is C11H18N2O2. The van der Waals surface area contributed by atoms with Crippen LogP contribution in [0.15, 0.2) is 12.4 Å². The smallest absolute Gasteiger partial charge is 0.0612 e. The third kappa shape index (κ3) is 2.79. The summed E-state index contributed by atoms with van der Waals surface area (Å²) in [5, 5.41) is 13.9. The van der Waals surface area contributed by atoms with Gasteiger partial charge >= 0.3 is 0 Å². The Morgan fingerprint density at radius 3 is 3.20 bits per heavy atom. The number of hydrogen-bond donors (Lipinski definition) is 1. The zero-order chi connectivity index (χ0) is 10.7. The van der Waals surface area contributed by atoms with Gasteiger partial charge in [-0.2, -0.15) is 5.10 Å². The van der Waals surface area contributed by atoms with Gasteiger partial charge in [0.15, 0.2) is 0 Å². The van der Waals surface area contributed by atoms with E-state index in [1.807, 2.05) is 24.1 Å². The fourth-order valence-electron chi connectivity index (χ4n) is 2.01. The van der Waals surface area contributed by atoms with E-state index in [0.29, 0.717) is 19.1 Å². The zero-order valence-corrected chi connectivity index (χ0v) is 9.09. The Morgan fingerprint density at radius 1 is 1.67 bits per heavy atom. The van der Waals surface area contributed by atoms with Gasteiger partial charge < -0.3 is 9.84 Å². The molecule has 0 aromatic carbocycles. The molecule has 1 aliphatic rings. The molecule has 2 atom stereocenters. The summed E-state index contributed by atoms with van der Waals surface area (Å²) in [6.07, 6.45) is 6.45. The third-order valence-corrected chi connectivity index (χ3v) is 3.00. The van der Waals surface area contributed by atoms with Crippen LogP contribution in [-0.4, -0.2) is 34.2 Å². The summed E-state index contributed by atoms with van der Waals surface area (Å²) in [5.74, 6) is 0.291. The minimum absolute atomic E-state index is 0.185. The van der Waals surface area contributed by atoms with Crippen molar-refractivity contribution in [1.29, 1.82) is 0 Å². The molecule has 4 nitrogen and oxygen atoms in total. The molecule has 0 spiro atoms. The van der Waals surface area contributed by atoms with Gasteiger partial charge in [0.25, 0.3) is 0 Å². The second kappa shape index (κ2) is 4.77. The van der Waals surface area contributed by atoms with Gasteiger partial charge in [-0.1, -0.05) is 0 Å². The summed E-state index contributed by atoms with van der Waals surface area (Å²) in [6, 6.07) is 0. The fourth-order valence-corrected chi connectivity index (χ4v) is 2.01. The van der Waals surface area contributed by atoms with Crippen LogP contribution in [0.3, 0.4) is 0 Å². The van der Waals surface area contributed by atoms with E-state index in [-0.39, 0.29) is 6.10 Å². The van der Waals surface area contributed by atoms with Crippen LogP contribution in [0.5, 0.6) is 0 Å². The molecule has 1 aromatic heterocycles. The Balaban J connectivity index is 1.81. The second-order valence-corrected chi connectivity index (χ2v) is 4.25. The summed E-state index contributed by atoms with van der Waals surface area (Å²) in [6.45, 7) is 1.39. The SMILES string of the molecule is Cn1cc(CCC2COCCC2O)cn1. The number of aryl methyl sites for hydroxylation is 2. The van der Waals surface area contributed by atoms with E-state index >= 15 is 0 Å². The minimum Gasteiger partial charge on any atom is -0.393 e. The van der Waals surface area contributed by atoms with E-state index in [1.165, 1.54) is 5.56 Å². The minimum atomic E-state index is -0.185. The van der Waals surface area contributed by atoms with Crippen molar-refractivity contribution < 1.29 is 9.84 Å². The molecule has 1 aromatic rings. The average Bonchev–Trinajstić information content (AvgIpc) is 2.63. The molecule has 0 radical (unpaired) electrons. The number of ether oxygens (including phenoxy) is 1. The van der Waals surface area contributed by atoms with Crippen molar-refractivity contribution in [2.24, 2.45) is 13.0 Å². The highest BCUT2D eigenvalue weighted by Gasteiger charge is 2.23. The first-order chi connectivity index (χ1) is 7.25. The van der Waals surface area contributed by atoms with Gasteiger partial charge in [-0.15, -0.1) is 0 Å². The number of nitrogens with zero attached hydrogens (tertiary/aromatic N) is 2. The van der Waals surface area contributed by atoms with E-state index in [1.54, 1.807) is 0 Å². The maximum atomic E-state index is 9.75. The monoisotopic (exact) mass is 210 g/mol. The van der Waals surface area contributed by atoms with Crippen LogP contribution in [-0.2, 0) is 18.2 Å². The molecule has 2 rings (SSSR count). The van der Waals surface area contributed by atoms with Crippen molar-refractivity contribution in [3.05, 3.63) is 18.0 Å². The largest absolute Gasteiger partial charge is 0.393 e. The van der Waals surface area contributed by atoms with Crippen LogP contribution < -0.4 is 0 Å². The Kier molecular flexibility index (Phi) is 3.38. The maximum Gasteiger partial charge on any atom is 0.0612 e. The van der Waals surface area contributed by atoms with Gasteiger partial charge in [0, 0.05) is 25.8 Å². The van der Waals surface area contributed by atoms with Crippen molar-refractivity contribution in [3.63, 3.8) is 0 Å². The van der Waals surface area contributed by atoms with Crippen LogP contribution in [0.25, 0.3) is 0 Å². The number of aromatic nitrogens is 2. The summed E-state index contributed by atoms with van der Waals surface area (Å²) < 4.78 is 7.17. The number of hydrogen-bond acceptors (Lipinski definition) is 3. The lowest BCUT2D eigenvalue weighted by atomic mass is 9.93. The molecule has 1 aliphatic heterocycles. The summed E-state index contributed by atoms with van der Waals surface area (Å²) >= 11 is 0. The first-order valence-electron chi connectivity index (χ1n) is 5.49. The molecular weight excluding hydrogens is 192 g/mol. The van der Waals surface area contributed by atoms with Crippen LogP contribution in [0.2, 0.25) is 0 Å². The van der Waals surface area contributed by atoms with Gasteiger partial charge in [0.2, 0.25) is 0 Å². The molecule has 15 heavy (non-hydrogen) atoms. The predicted molar refractivity (Wildman–Crippen MR) is 56.5 cm³/mol. The lowest BCUT2D eigenvalue weighted by molar-refractivity contribution is -0.0380. The highest BCUT2D eigenvalue weighted by Crippen LogP contribution is 2.20. The Morgan fingerprint density at radius 2 is 2.53 bits per heavy atom. The second-order valence-electron chi connectivity index (χ2n) is 4.25. The summed E-state index contributed by atoms with van der Waals surface area (Å²) in [5.41, 5.74) is 1.23. The molecule has 1 N–H and O–H groups in total. The summed E-state index contributed by atoms with van der Waals surface area (Å²) in [4.78, 5) is 0. The van der Waals surface area contributed by atoms with Crippen molar-refractivity contribution in [3.8, 4) is 0 Å². The molecule has 1 fully saturated rings. The highest BCUT2D eigenvalue weighted by molar-refractivity contribution is 5.03. The third-order valence-electron chi connectivity index (χ3n) is 3.00. The van der Waals surface area contributed by atoms with Crippen molar-refractivity contribution >= 4 is 0 Å². The molecule has 2 unspecified atom stereocenters. The summed E-state index contributed by atoms with van der Waals surface area (Å²) in [7, 11) is 1.92. The van der Waals surface area contributed by atoms with Crippen molar-refractivity contribution in [2.45, 2.75) is 25.4 Å². The van der Waals surface area contributed by atoms with E-state index < -0.39 is 0 Å². The van der Waals surface area contributed by atoms with E-state index in [2.05, 4.69) is 5.10 Å². The van der Waals surface area contributed by atoms with Crippen molar-refractivity contribution in [2.75, 3.05) is 13.2 Å². The lowest BCUT2D eigenvalue weighted by Gasteiger charge is -2.27. The molecule has 2 heterocycles. The van der Waals surface area contributed by atoms with Crippen LogP contribution in [0.4, 0.5) is 0 Å². The topological polar surface area (TPSA) is 47.3 Å². The van der Waals surface area contributed by atoms with Crippen LogP contribution >= 0.6 is 0 Å². The standard InChI is InChI=1S/C11H18N2O2/c1-13-7-9(6-12-13)2-3-10-8-15-5-4-11(10)14/h6-7,10-11,14H,2-5,8H2,1H3. The Bertz CT molecular complexity index is 311. The van der Waals surface area contributed by atoms with Gasteiger partial charge in [0.1, 0.15) is 0 Å². The zero-order valence-electron chi connectivity index (χ0n) is 9.09. The molecule has 0 bridgehead atoms. The average molecular weight is 210 g/mol. The van der Waals surface area contributed by atoms with E-state index in [9.17, 15) is 5.11 Å². The van der Waals surface area contributed by atoms with Gasteiger partial charge in [-0.05, 0) is 24.8 Å². The molecule has 84 valence electrons. The normalized spacial score (nSPS) is 26.8. The number of aliphatic hydroxyl groups is 1. The maximum absolute atomic E-state index is 9.75. The molecule has 1 saturated heterocycles. The molecule has 0 amide bonds. The Hall–Kier alpha value is -0.870. The molecule has 0 saturated carbocycles. The van der Waals surface area contributed by atoms with Gasteiger partial charge in [-0.25, -0.2) is 0 Å². The molecule has 0 aliphatic carbocycles. The van der Waals surface area contributed by atoms with Crippen LogP contribution in [0, 0.1) is 5.92 Å². The first kappa shape index (κ1) is 10.6. The van der Waals surface area contributed by atoms with E-state index in [4.69, 9.17) is 4.74 Å². The quantitative estimate of drug-likeness (QED) is 0.801. The molecule has 4 heteroatoms. The predicted octanol–water partition coefficient (Wildman–Crippen LogP) is 0.750. The van der Waals surface area contributed by atoms with Gasteiger partial charge in [0.05, 0.1) is 18.9 Å². The number of aliphatic hydroxyl groups excluding tert-OH is 1. The van der Waals surface area contributed by atoms with E-state index in [0.717, 1.165) is 19.3 Å². The number of rotatable bonds is 3.